The van der Waals surface area contributed by atoms with E-state index < -0.39 is 11.6 Å². The molecule has 1 fully saturated rings. The third-order valence-corrected chi connectivity index (χ3v) is 4.49. The Labute approximate surface area is 157 Å². The van der Waals surface area contributed by atoms with Crippen LogP contribution < -0.4 is 9.47 Å². The molecule has 4 nitrogen and oxygen atoms in total. The predicted octanol–water partition coefficient (Wildman–Crippen LogP) is 4.19. The normalized spacial score (nSPS) is 13.6. The second-order valence-electron chi connectivity index (χ2n) is 6.34. The zero-order valence-electron chi connectivity index (χ0n) is 15.2. The lowest BCUT2D eigenvalue weighted by Gasteiger charge is -2.22. The molecule has 0 unspecified atom stereocenters. The third-order valence-electron chi connectivity index (χ3n) is 4.49. The van der Waals surface area contributed by atoms with Gasteiger partial charge in [0, 0.05) is 23.2 Å². The summed E-state index contributed by atoms with van der Waals surface area (Å²) < 4.78 is 38.1. The molecule has 0 saturated heterocycles. The zero-order valence-corrected chi connectivity index (χ0v) is 15.2. The van der Waals surface area contributed by atoms with E-state index in [1.807, 2.05) is 6.07 Å². The van der Waals surface area contributed by atoms with Crippen LogP contribution in [0.5, 0.6) is 11.5 Å². The Bertz CT molecular complexity index is 842. The fourth-order valence-corrected chi connectivity index (χ4v) is 2.88. The molecule has 0 radical (unpaired) electrons. The van der Waals surface area contributed by atoms with Gasteiger partial charge >= 0.3 is 0 Å². The SMILES string of the molecule is COc1ccc(OC)c(CN(C(=O)/C=C/c2c(F)cccc2F)C2CC2)c1. The van der Waals surface area contributed by atoms with E-state index in [4.69, 9.17) is 9.47 Å². The highest BCUT2D eigenvalue weighted by molar-refractivity contribution is 5.92. The van der Waals surface area contributed by atoms with E-state index in [-0.39, 0.29) is 17.5 Å². The van der Waals surface area contributed by atoms with Crippen LogP contribution in [0.4, 0.5) is 8.78 Å². The molecule has 1 aliphatic rings. The molecule has 0 heterocycles. The van der Waals surface area contributed by atoms with Gasteiger partial charge in [-0.05, 0) is 49.2 Å². The molecular weight excluding hydrogens is 352 g/mol. The van der Waals surface area contributed by atoms with Gasteiger partial charge in [0.25, 0.3) is 0 Å². The maximum absolute atomic E-state index is 13.8. The van der Waals surface area contributed by atoms with E-state index in [2.05, 4.69) is 0 Å². The van der Waals surface area contributed by atoms with Crippen LogP contribution in [-0.2, 0) is 11.3 Å². The maximum atomic E-state index is 13.8. The molecule has 0 spiro atoms. The van der Waals surface area contributed by atoms with Crippen molar-refractivity contribution in [2.24, 2.45) is 0 Å². The number of amides is 1. The molecular formula is C21H21F2NO3. The number of nitrogens with zero attached hydrogens (tertiary/aromatic N) is 1. The van der Waals surface area contributed by atoms with Gasteiger partial charge in [-0.3, -0.25) is 4.79 Å². The standard InChI is InChI=1S/C21H21F2NO3/c1-26-16-8-10-20(27-2)14(12-16)13-24(15-6-7-15)21(25)11-9-17-18(22)4-3-5-19(17)23/h3-5,8-12,15H,6-7,13H2,1-2H3/b11-9+. The molecule has 0 aliphatic heterocycles. The molecule has 3 rings (SSSR count). The van der Waals surface area contributed by atoms with Crippen LogP contribution >= 0.6 is 0 Å². The summed E-state index contributed by atoms with van der Waals surface area (Å²) in [4.78, 5) is 14.4. The monoisotopic (exact) mass is 373 g/mol. The molecule has 2 aromatic carbocycles. The Morgan fingerprint density at radius 3 is 2.44 bits per heavy atom. The molecule has 2 aromatic rings. The smallest absolute Gasteiger partial charge is 0.247 e. The summed E-state index contributed by atoms with van der Waals surface area (Å²) in [5, 5.41) is 0. The van der Waals surface area contributed by atoms with Crippen LogP contribution in [0.1, 0.15) is 24.0 Å². The molecule has 0 bridgehead atoms. The zero-order chi connectivity index (χ0) is 19.4. The van der Waals surface area contributed by atoms with E-state index in [1.54, 1.807) is 31.3 Å². The number of rotatable bonds is 7. The van der Waals surface area contributed by atoms with Crippen LogP contribution in [0.25, 0.3) is 6.08 Å². The Hall–Kier alpha value is -2.89. The van der Waals surface area contributed by atoms with E-state index >= 15 is 0 Å². The summed E-state index contributed by atoms with van der Waals surface area (Å²) in [6.07, 6.45) is 4.21. The molecule has 0 N–H and O–H groups in total. The highest BCUT2D eigenvalue weighted by Gasteiger charge is 2.32. The Kier molecular flexibility index (Phi) is 5.74. The second-order valence-corrected chi connectivity index (χ2v) is 6.34. The fourth-order valence-electron chi connectivity index (χ4n) is 2.88. The van der Waals surface area contributed by atoms with Crippen LogP contribution in [0.3, 0.4) is 0 Å². The number of carbonyl (C=O) groups is 1. The van der Waals surface area contributed by atoms with Crippen molar-refractivity contribution in [2.75, 3.05) is 14.2 Å². The summed E-state index contributed by atoms with van der Waals surface area (Å²) in [5.74, 6) is -0.389. The fraction of sp³-hybridized carbons (Fsp3) is 0.286. The van der Waals surface area contributed by atoms with Crippen molar-refractivity contribution in [1.29, 1.82) is 0 Å². The molecule has 27 heavy (non-hydrogen) atoms. The molecule has 1 saturated carbocycles. The molecule has 142 valence electrons. The number of benzene rings is 2. The van der Waals surface area contributed by atoms with Gasteiger partial charge in [0.2, 0.25) is 5.91 Å². The lowest BCUT2D eigenvalue weighted by molar-refractivity contribution is -0.127. The average molecular weight is 373 g/mol. The molecule has 1 amide bonds. The summed E-state index contributed by atoms with van der Waals surface area (Å²) in [5.41, 5.74) is 0.586. The molecule has 1 aliphatic carbocycles. The lowest BCUT2D eigenvalue weighted by Crippen LogP contribution is -2.31. The van der Waals surface area contributed by atoms with Gasteiger partial charge in [0.1, 0.15) is 23.1 Å². The Morgan fingerprint density at radius 2 is 1.85 bits per heavy atom. The van der Waals surface area contributed by atoms with E-state index in [9.17, 15) is 13.6 Å². The number of halogens is 2. The minimum Gasteiger partial charge on any atom is -0.497 e. The van der Waals surface area contributed by atoms with Gasteiger partial charge in [0.05, 0.1) is 20.8 Å². The van der Waals surface area contributed by atoms with Crippen molar-refractivity contribution >= 4 is 12.0 Å². The number of ether oxygens (including phenoxy) is 2. The Balaban J connectivity index is 1.82. The quantitative estimate of drug-likeness (QED) is 0.684. The first-order chi connectivity index (χ1) is 13.0. The van der Waals surface area contributed by atoms with E-state index in [0.29, 0.717) is 18.0 Å². The van der Waals surface area contributed by atoms with Crippen LogP contribution in [0.15, 0.2) is 42.5 Å². The first-order valence-electron chi connectivity index (χ1n) is 8.67. The van der Waals surface area contributed by atoms with Crippen molar-refractivity contribution in [2.45, 2.75) is 25.4 Å². The number of hydrogen-bond acceptors (Lipinski definition) is 3. The van der Waals surface area contributed by atoms with Crippen LogP contribution in [0.2, 0.25) is 0 Å². The van der Waals surface area contributed by atoms with Crippen LogP contribution in [-0.4, -0.2) is 31.1 Å². The first-order valence-corrected chi connectivity index (χ1v) is 8.67. The van der Waals surface area contributed by atoms with Gasteiger partial charge in [0.15, 0.2) is 0 Å². The highest BCUT2D eigenvalue weighted by Crippen LogP contribution is 2.32. The second kappa shape index (κ2) is 8.20. The highest BCUT2D eigenvalue weighted by atomic mass is 19.1. The van der Waals surface area contributed by atoms with Gasteiger partial charge < -0.3 is 14.4 Å². The molecule has 0 aromatic heterocycles. The lowest BCUT2D eigenvalue weighted by atomic mass is 10.1. The predicted molar refractivity (Wildman–Crippen MR) is 98.5 cm³/mol. The number of methoxy groups -OCH3 is 2. The Morgan fingerprint density at radius 1 is 1.15 bits per heavy atom. The van der Waals surface area contributed by atoms with Crippen molar-refractivity contribution in [1.82, 2.24) is 4.90 Å². The van der Waals surface area contributed by atoms with Gasteiger partial charge in [-0.2, -0.15) is 0 Å². The van der Waals surface area contributed by atoms with Crippen LogP contribution in [0, 0.1) is 11.6 Å². The number of hydrogen-bond donors (Lipinski definition) is 0. The van der Waals surface area contributed by atoms with E-state index in [0.717, 1.165) is 30.5 Å². The summed E-state index contributed by atoms with van der Waals surface area (Å²) in [6, 6.07) is 9.11. The van der Waals surface area contributed by atoms with Crippen molar-refractivity contribution in [3.63, 3.8) is 0 Å². The first kappa shape index (κ1) is 18.9. The molecule has 6 heteroatoms. The van der Waals surface area contributed by atoms with Crippen molar-refractivity contribution < 1.29 is 23.0 Å². The maximum Gasteiger partial charge on any atom is 0.247 e. The van der Waals surface area contributed by atoms with Crippen molar-refractivity contribution in [3.8, 4) is 11.5 Å². The largest absolute Gasteiger partial charge is 0.497 e. The minimum absolute atomic E-state index is 0.114. The third kappa shape index (κ3) is 4.45. The summed E-state index contributed by atoms with van der Waals surface area (Å²) in [7, 11) is 3.14. The minimum atomic E-state index is -0.702. The topological polar surface area (TPSA) is 38.8 Å². The summed E-state index contributed by atoms with van der Waals surface area (Å²) in [6.45, 7) is 0.327. The summed E-state index contributed by atoms with van der Waals surface area (Å²) >= 11 is 0. The van der Waals surface area contributed by atoms with Gasteiger partial charge in [-0.25, -0.2) is 8.78 Å². The molecule has 0 atom stereocenters. The van der Waals surface area contributed by atoms with Gasteiger partial charge in [-0.15, -0.1) is 0 Å². The van der Waals surface area contributed by atoms with Crippen molar-refractivity contribution in [3.05, 3.63) is 65.2 Å². The van der Waals surface area contributed by atoms with E-state index in [1.165, 1.54) is 18.2 Å². The number of carbonyl (C=O) groups excluding carboxylic acids is 1. The van der Waals surface area contributed by atoms with Gasteiger partial charge in [-0.1, -0.05) is 6.07 Å². The average Bonchev–Trinajstić information content (AvgIpc) is 3.50.